The quantitative estimate of drug-likeness (QED) is 0.578. The lowest BCUT2D eigenvalue weighted by Crippen LogP contribution is -2.40. The summed E-state index contributed by atoms with van der Waals surface area (Å²) in [4.78, 5) is 28.0. The SMILES string of the molecule is C=CCOc1ccc(C2CC(=O)N(c3cccc(Cl)c3C)C3=C2C(=O)CCC3)cc1. The van der Waals surface area contributed by atoms with E-state index in [0.717, 1.165) is 40.3 Å². The van der Waals surface area contributed by atoms with Crippen LogP contribution in [0.1, 0.15) is 42.7 Å². The smallest absolute Gasteiger partial charge is 0.232 e. The Bertz CT molecular complexity index is 1040. The highest BCUT2D eigenvalue weighted by Gasteiger charge is 2.40. The second kappa shape index (κ2) is 8.49. The number of benzene rings is 2. The van der Waals surface area contributed by atoms with Gasteiger partial charge in [-0.25, -0.2) is 0 Å². The van der Waals surface area contributed by atoms with Crippen molar-refractivity contribution in [1.82, 2.24) is 0 Å². The number of hydrogen-bond donors (Lipinski definition) is 0. The molecule has 2 aromatic carbocycles. The first-order valence-corrected chi connectivity index (χ1v) is 10.6. The number of ketones is 1. The van der Waals surface area contributed by atoms with E-state index in [9.17, 15) is 9.59 Å². The van der Waals surface area contributed by atoms with Crippen LogP contribution in [-0.4, -0.2) is 18.3 Å². The minimum atomic E-state index is -0.232. The standard InChI is InChI=1S/C25H24ClNO3/c1-3-14-30-18-12-10-17(11-13-18)19-15-24(29)27(21-7-4-6-20(26)16(21)2)22-8-5-9-23(28)25(19)22/h3-4,6-7,10-13,19H,1,5,8-9,14-15H2,2H3. The minimum Gasteiger partial charge on any atom is -0.490 e. The van der Waals surface area contributed by atoms with Gasteiger partial charge in [0, 0.05) is 35.1 Å². The zero-order valence-electron chi connectivity index (χ0n) is 17.0. The van der Waals surface area contributed by atoms with Gasteiger partial charge < -0.3 is 4.74 Å². The van der Waals surface area contributed by atoms with Gasteiger partial charge in [0.15, 0.2) is 5.78 Å². The second-order valence-electron chi connectivity index (χ2n) is 7.68. The van der Waals surface area contributed by atoms with Crippen LogP contribution in [0.25, 0.3) is 0 Å². The molecule has 4 rings (SSSR count). The third-order valence-electron chi connectivity index (χ3n) is 5.81. The number of amides is 1. The lowest BCUT2D eigenvalue weighted by atomic mass is 9.77. The van der Waals surface area contributed by atoms with E-state index in [1.807, 2.05) is 49.4 Å². The average Bonchev–Trinajstić information content (AvgIpc) is 2.75. The molecule has 5 heteroatoms. The molecule has 1 atom stereocenters. The number of ether oxygens (including phenoxy) is 1. The van der Waals surface area contributed by atoms with Crippen molar-refractivity contribution in [3.8, 4) is 5.75 Å². The Morgan fingerprint density at radius 1 is 1.17 bits per heavy atom. The summed E-state index contributed by atoms with van der Waals surface area (Å²) in [7, 11) is 0. The molecule has 0 aromatic heterocycles. The van der Waals surface area contributed by atoms with Crippen LogP contribution >= 0.6 is 11.6 Å². The van der Waals surface area contributed by atoms with Gasteiger partial charge in [0.05, 0.1) is 5.69 Å². The monoisotopic (exact) mass is 421 g/mol. The van der Waals surface area contributed by atoms with Crippen LogP contribution < -0.4 is 9.64 Å². The number of halogens is 1. The van der Waals surface area contributed by atoms with Crippen molar-refractivity contribution in [2.45, 2.75) is 38.5 Å². The number of rotatable bonds is 5. The van der Waals surface area contributed by atoms with E-state index in [2.05, 4.69) is 6.58 Å². The average molecular weight is 422 g/mol. The van der Waals surface area contributed by atoms with Crippen LogP contribution in [0.5, 0.6) is 5.75 Å². The molecule has 0 saturated carbocycles. The largest absolute Gasteiger partial charge is 0.490 e. The number of anilines is 1. The van der Waals surface area contributed by atoms with E-state index in [-0.39, 0.29) is 24.0 Å². The molecule has 0 radical (unpaired) electrons. The molecule has 154 valence electrons. The van der Waals surface area contributed by atoms with E-state index >= 15 is 0 Å². The molecule has 1 aliphatic heterocycles. The molecule has 0 fully saturated rings. The fraction of sp³-hybridized carbons (Fsp3) is 0.280. The maximum Gasteiger partial charge on any atom is 0.232 e. The summed E-state index contributed by atoms with van der Waals surface area (Å²) >= 11 is 6.32. The van der Waals surface area contributed by atoms with Gasteiger partial charge in [-0.05, 0) is 55.2 Å². The number of carbonyl (C=O) groups is 2. The van der Waals surface area contributed by atoms with E-state index < -0.39 is 0 Å². The van der Waals surface area contributed by atoms with Gasteiger partial charge >= 0.3 is 0 Å². The molecule has 2 aliphatic rings. The molecule has 2 aromatic rings. The highest BCUT2D eigenvalue weighted by atomic mass is 35.5. The van der Waals surface area contributed by atoms with E-state index in [0.29, 0.717) is 24.5 Å². The van der Waals surface area contributed by atoms with E-state index in [1.54, 1.807) is 11.0 Å². The van der Waals surface area contributed by atoms with Crippen molar-refractivity contribution in [1.29, 1.82) is 0 Å². The Kier molecular flexibility index (Phi) is 5.78. The number of allylic oxidation sites excluding steroid dienone is 2. The molecule has 4 nitrogen and oxygen atoms in total. The Balaban J connectivity index is 1.78. The maximum atomic E-state index is 13.3. The highest BCUT2D eigenvalue weighted by Crippen LogP contribution is 2.44. The normalized spacial score (nSPS) is 19.0. The van der Waals surface area contributed by atoms with Gasteiger partial charge in [0.1, 0.15) is 12.4 Å². The molecule has 0 N–H and O–H groups in total. The first-order valence-electron chi connectivity index (χ1n) is 10.2. The van der Waals surface area contributed by atoms with Gasteiger partial charge in [-0.15, -0.1) is 0 Å². The van der Waals surface area contributed by atoms with Crippen molar-refractivity contribution in [3.05, 3.63) is 82.5 Å². The van der Waals surface area contributed by atoms with Crippen molar-refractivity contribution >= 4 is 29.0 Å². The predicted octanol–water partition coefficient (Wildman–Crippen LogP) is 5.74. The molecule has 0 spiro atoms. The Morgan fingerprint density at radius 3 is 2.67 bits per heavy atom. The Hall–Kier alpha value is -2.85. The minimum absolute atomic E-state index is 0.00852. The topological polar surface area (TPSA) is 46.6 Å². The number of hydrogen-bond acceptors (Lipinski definition) is 3. The van der Waals surface area contributed by atoms with Crippen LogP contribution in [0.2, 0.25) is 5.02 Å². The van der Waals surface area contributed by atoms with Crippen molar-refractivity contribution < 1.29 is 14.3 Å². The lowest BCUT2D eigenvalue weighted by molar-refractivity contribution is -0.119. The zero-order valence-corrected chi connectivity index (χ0v) is 17.7. The fourth-order valence-corrected chi connectivity index (χ4v) is 4.52. The summed E-state index contributed by atoms with van der Waals surface area (Å²) in [5.41, 5.74) is 4.16. The maximum absolute atomic E-state index is 13.3. The third-order valence-corrected chi connectivity index (χ3v) is 6.22. The van der Waals surface area contributed by atoms with E-state index in [1.165, 1.54) is 0 Å². The Morgan fingerprint density at radius 2 is 1.93 bits per heavy atom. The molecule has 1 amide bonds. The third kappa shape index (κ3) is 3.68. The first kappa shape index (κ1) is 20.4. The highest BCUT2D eigenvalue weighted by molar-refractivity contribution is 6.31. The summed E-state index contributed by atoms with van der Waals surface area (Å²) in [6.45, 7) is 5.99. The summed E-state index contributed by atoms with van der Waals surface area (Å²) < 4.78 is 5.56. The molecule has 1 heterocycles. The summed E-state index contributed by atoms with van der Waals surface area (Å²) in [6, 6.07) is 13.2. The second-order valence-corrected chi connectivity index (χ2v) is 8.08. The zero-order chi connectivity index (χ0) is 21.3. The summed E-state index contributed by atoms with van der Waals surface area (Å²) in [5.74, 6) is 0.627. The number of Topliss-reactive ketones (excluding diaryl/α,β-unsaturated/α-hetero) is 1. The molecular weight excluding hydrogens is 398 g/mol. The lowest BCUT2D eigenvalue weighted by Gasteiger charge is -2.39. The first-order chi connectivity index (χ1) is 14.5. The van der Waals surface area contributed by atoms with Crippen LogP contribution in [-0.2, 0) is 9.59 Å². The number of nitrogens with zero attached hydrogens (tertiary/aromatic N) is 1. The van der Waals surface area contributed by atoms with E-state index in [4.69, 9.17) is 16.3 Å². The van der Waals surface area contributed by atoms with Crippen molar-refractivity contribution in [3.63, 3.8) is 0 Å². The molecule has 1 unspecified atom stereocenters. The molecule has 0 saturated heterocycles. The van der Waals surface area contributed by atoms with Crippen molar-refractivity contribution in [2.24, 2.45) is 0 Å². The fourth-order valence-electron chi connectivity index (χ4n) is 4.35. The predicted molar refractivity (Wildman–Crippen MR) is 119 cm³/mol. The molecule has 30 heavy (non-hydrogen) atoms. The number of carbonyl (C=O) groups excluding carboxylic acids is 2. The van der Waals surface area contributed by atoms with Gasteiger partial charge in [0.2, 0.25) is 5.91 Å². The summed E-state index contributed by atoms with van der Waals surface area (Å²) in [5, 5.41) is 0.613. The molecular formula is C25H24ClNO3. The van der Waals surface area contributed by atoms with Crippen molar-refractivity contribution in [2.75, 3.05) is 11.5 Å². The van der Waals surface area contributed by atoms with Gasteiger partial charge in [0.25, 0.3) is 0 Å². The van der Waals surface area contributed by atoms with Crippen LogP contribution in [0.4, 0.5) is 5.69 Å². The van der Waals surface area contributed by atoms with Gasteiger partial charge in [-0.3, -0.25) is 14.5 Å². The van der Waals surface area contributed by atoms with Gasteiger partial charge in [-0.1, -0.05) is 42.5 Å². The molecule has 1 aliphatic carbocycles. The van der Waals surface area contributed by atoms with Crippen LogP contribution in [0.15, 0.2) is 66.4 Å². The van der Waals surface area contributed by atoms with Crippen LogP contribution in [0, 0.1) is 6.92 Å². The Labute approximate surface area is 181 Å². The summed E-state index contributed by atoms with van der Waals surface area (Å²) in [6.07, 6.45) is 3.92. The van der Waals surface area contributed by atoms with Crippen LogP contribution in [0.3, 0.4) is 0 Å². The molecule has 0 bridgehead atoms. The van der Waals surface area contributed by atoms with Gasteiger partial charge in [-0.2, -0.15) is 0 Å².